The predicted molar refractivity (Wildman–Crippen MR) is 75.3 cm³/mol. The monoisotopic (exact) mass is 247 g/mol. The largest absolute Gasteiger partial charge is 0.388 e. The van der Waals surface area contributed by atoms with E-state index in [-0.39, 0.29) is 5.41 Å². The molecule has 1 saturated carbocycles. The predicted octanol–water partition coefficient (Wildman–Crippen LogP) is 3.33. The Kier molecular flexibility index (Phi) is 4.41. The van der Waals surface area contributed by atoms with Crippen LogP contribution in [-0.2, 0) is 0 Å². The summed E-state index contributed by atoms with van der Waals surface area (Å²) < 4.78 is 0. The zero-order valence-corrected chi connectivity index (χ0v) is 11.4. The molecule has 0 heterocycles. The van der Waals surface area contributed by atoms with Crippen molar-refractivity contribution in [2.24, 2.45) is 11.1 Å². The Morgan fingerprint density at radius 3 is 2.33 bits per heavy atom. The molecule has 1 aromatic rings. The molecule has 1 aromatic carbocycles. The molecule has 0 bridgehead atoms. The summed E-state index contributed by atoms with van der Waals surface area (Å²) in [5.74, 6) is 0. The number of benzene rings is 1. The van der Waals surface area contributed by atoms with Gasteiger partial charge in [0.25, 0.3) is 0 Å². The third-order valence-electron chi connectivity index (χ3n) is 4.57. The normalized spacial score (nSPS) is 21.3. The minimum Gasteiger partial charge on any atom is -0.388 e. The van der Waals surface area contributed by atoms with E-state index in [1.165, 1.54) is 31.2 Å². The Hall–Kier alpha value is -0.860. The number of nitrogens with two attached hydrogens (primary N) is 1. The Balaban J connectivity index is 2.28. The molecule has 0 radical (unpaired) electrons. The minimum atomic E-state index is -0.415. The van der Waals surface area contributed by atoms with Crippen LogP contribution in [0.2, 0.25) is 0 Å². The van der Waals surface area contributed by atoms with E-state index in [1.807, 2.05) is 18.2 Å². The van der Waals surface area contributed by atoms with E-state index >= 15 is 0 Å². The SMILES string of the molecule is Cc1ccccc1C(O)C1(CN)CCCCCC1. The van der Waals surface area contributed by atoms with Crippen LogP contribution in [0, 0.1) is 12.3 Å². The fraction of sp³-hybridized carbons (Fsp3) is 0.625. The van der Waals surface area contributed by atoms with Crippen LogP contribution in [0.5, 0.6) is 0 Å². The van der Waals surface area contributed by atoms with Crippen LogP contribution < -0.4 is 5.73 Å². The average Bonchev–Trinajstić information content (AvgIpc) is 2.65. The number of hydrogen-bond donors (Lipinski definition) is 2. The molecule has 1 atom stereocenters. The number of rotatable bonds is 3. The van der Waals surface area contributed by atoms with Gasteiger partial charge in [-0.2, -0.15) is 0 Å². The second-order valence-corrected chi connectivity index (χ2v) is 5.74. The van der Waals surface area contributed by atoms with Gasteiger partial charge in [-0.3, -0.25) is 0 Å². The van der Waals surface area contributed by atoms with Gasteiger partial charge in [0.05, 0.1) is 6.10 Å². The summed E-state index contributed by atoms with van der Waals surface area (Å²) in [5, 5.41) is 10.8. The van der Waals surface area contributed by atoms with Gasteiger partial charge in [0.15, 0.2) is 0 Å². The van der Waals surface area contributed by atoms with Gasteiger partial charge in [-0.05, 0) is 30.9 Å². The Morgan fingerprint density at radius 1 is 1.17 bits per heavy atom. The molecule has 3 N–H and O–H groups in total. The number of aliphatic hydroxyl groups is 1. The fourth-order valence-electron chi connectivity index (χ4n) is 3.25. The highest BCUT2D eigenvalue weighted by Gasteiger charge is 2.38. The van der Waals surface area contributed by atoms with Crippen LogP contribution in [0.3, 0.4) is 0 Å². The molecule has 1 fully saturated rings. The first-order valence-corrected chi connectivity index (χ1v) is 7.13. The first-order chi connectivity index (χ1) is 8.69. The first kappa shape index (κ1) is 13.6. The van der Waals surface area contributed by atoms with Gasteiger partial charge < -0.3 is 10.8 Å². The molecule has 100 valence electrons. The highest BCUT2D eigenvalue weighted by atomic mass is 16.3. The lowest BCUT2D eigenvalue weighted by Gasteiger charge is -2.37. The zero-order valence-electron chi connectivity index (χ0n) is 11.4. The topological polar surface area (TPSA) is 46.2 Å². The second-order valence-electron chi connectivity index (χ2n) is 5.74. The van der Waals surface area contributed by atoms with Crippen molar-refractivity contribution in [1.82, 2.24) is 0 Å². The maximum Gasteiger partial charge on any atom is 0.0860 e. The summed E-state index contributed by atoms with van der Waals surface area (Å²) in [5.41, 5.74) is 8.16. The second kappa shape index (κ2) is 5.85. The molecular formula is C16H25NO. The summed E-state index contributed by atoms with van der Waals surface area (Å²) >= 11 is 0. The molecule has 2 nitrogen and oxygen atoms in total. The van der Waals surface area contributed by atoms with Crippen molar-refractivity contribution < 1.29 is 5.11 Å². The van der Waals surface area contributed by atoms with Crippen molar-refractivity contribution in [2.45, 2.75) is 51.6 Å². The van der Waals surface area contributed by atoms with Crippen molar-refractivity contribution in [3.05, 3.63) is 35.4 Å². The van der Waals surface area contributed by atoms with E-state index in [1.54, 1.807) is 0 Å². The molecule has 0 aliphatic heterocycles. The molecule has 0 amide bonds. The van der Waals surface area contributed by atoms with E-state index in [0.29, 0.717) is 6.54 Å². The van der Waals surface area contributed by atoms with Crippen molar-refractivity contribution in [1.29, 1.82) is 0 Å². The van der Waals surface area contributed by atoms with Gasteiger partial charge in [-0.15, -0.1) is 0 Å². The van der Waals surface area contributed by atoms with Gasteiger partial charge >= 0.3 is 0 Å². The first-order valence-electron chi connectivity index (χ1n) is 7.13. The molecule has 1 aliphatic carbocycles. The van der Waals surface area contributed by atoms with Gasteiger partial charge in [0, 0.05) is 12.0 Å². The molecule has 0 saturated heterocycles. The van der Waals surface area contributed by atoms with Crippen LogP contribution in [0.25, 0.3) is 0 Å². The van der Waals surface area contributed by atoms with Crippen molar-refractivity contribution >= 4 is 0 Å². The summed E-state index contributed by atoms with van der Waals surface area (Å²) in [6.07, 6.45) is 6.64. The molecule has 1 aliphatic rings. The third kappa shape index (κ3) is 2.60. The fourth-order valence-corrected chi connectivity index (χ4v) is 3.25. The van der Waals surface area contributed by atoms with Crippen LogP contribution in [-0.4, -0.2) is 11.7 Å². The van der Waals surface area contributed by atoms with E-state index in [4.69, 9.17) is 5.73 Å². The quantitative estimate of drug-likeness (QED) is 0.805. The number of aryl methyl sites for hydroxylation is 1. The van der Waals surface area contributed by atoms with Crippen molar-refractivity contribution in [2.75, 3.05) is 6.54 Å². The Morgan fingerprint density at radius 2 is 1.78 bits per heavy atom. The third-order valence-corrected chi connectivity index (χ3v) is 4.57. The lowest BCUT2D eigenvalue weighted by atomic mass is 9.72. The van der Waals surface area contributed by atoms with Gasteiger partial charge in [0.1, 0.15) is 0 Å². The molecule has 1 unspecified atom stereocenters. The van der Waals surface area contributed by atoms with Crippen LogP contribution >= 0.6 is 0 Å². The summed E-state index contributed by atoms with van der Waals surface area (Å²) in [6.45, 7) is 2.65. The van der Waals surface area contributed by atoms with Crippen LogP contribution in [0.1, 0.15) is 55.8 Å². The molecule has 2 rings (SSSR count). The summed E-state index contributed by atoms with van der Waals surface area (Å²) in [4.78, 5) is 0. The van der Waals surface area contributed by atoms with E-state index < -0.39 is 6.10 Å². The summed E-state index contributed by atoms with van der Waals surface area (Å²) in [6, 6.07) is 8.14. The molecule has 0 aromatic heterocycles. The smallest absolute Gasteiger partial charge is 0.0860 e. The van der Waals surface area contributed by atoms with E-state index in [0.717, 1.165) is 18.4 Å². The molecule has 0 spiro atoms. The average molecular weight is 247 g/mol. The van der Waals surface area contributed by atoms with E-state index in [9.17, 15) is 5.11 Å². The van der Waals surface area contributed by atoms with Gasteiger partial charge in [-0.1, -0.05) is 49.9 Å². The Bertz CT molecular complexity index is 380. The molecule has 18 heavy (non-hydrogen) atoms. The number of hydrogen-bond acceptors (Lipinski definition) is 2. The zero-order chi connectivity index (χ0) is 13.0. The molecule has 2 heteroatoms. The highest BCUT2D eigenvalue weighted by molar-refractivity contribution is 5.29. The maximum absolute atomic E-state index is 10.8. The highest BCUT2D eigenvalue weighted by Crippen LogP contribution is 2.44. The van der Waals surface area contributed by atoms with Crippen molar-refractivity contribution in [3.63, 3.8) is 0 Å². The van der Waals surface area contributed by atoms with Crippen LogP contribution in [0.15, 0.2) is 24.3 Å². The minimum absolute atomic E-state index is 0.109. The van der Waals surface area contributed by atoms with Crippen LogP contribution in [0.4, 0.5) is 0 Å². The lowest BCUT2D eigenvalue weighted by Crippen LogP contribution is -2.36. The van der Waals surface area contributed by atoms with Gasteiger partial charge in [0.2, 0.25) is 0 Å². The summed E-state index contributed by atoms with van der Waals surface area (Å²) in [7, 11) is 0. The van der Waals surface area contributed by atoms with Crippen molar-refractivity contribution in [3.8, 4) is 0 Å². The lowest BCUT2D eigenvalue weighted by molar-refractivity contribution is 0.0162. The molecular weight excluding hydrogens is 222 g/mol. The Labute approximate surface area is 110 Å². The maximum atomic E-state index is 10.8. The van der Waals surface area contributed by atoms with Gasteiger partial charge in [-0.25, -0.2) is 0 Å². The standard InChI is InChI=1S/C16H25NO/c1-13-8-4-5-9-14(13)15(18)16(12-17)10-6-2-3-7-11-16/h4-5,8-9,15,18H,2-3,6-7,10-12,17H2,1H3. The van der Waals surface area contributed by atoms with E-state index in [2.05, 4.69) is 13.0 Å². The number of aliphatic hydroxyl groups excluding tert-OH is 1.